The molecule has 0 aromatic heterocycles. The van der Waals surface area contributed by atoms with Crippen molar-refractivity contribution < 1.29 is 13.2 Å². The Morgan fingerprint density at radius 2 is 2.07 bits per heavy atom. The van der Waals surface area contributed by atoms with Crippen LogP contribution in [0.4, 0.5) is 13.2 Å². The second-order valence-corrected chi connectivity index (χ2v) is 3.86. The molecule has 1 aromatic rings. The van der Waals surface area contributed by atoms with Crippen LogP contribution in [0.25, 0.3) is 0 Å². The molecule has 15 heavy (non-hydrogen) atoms. The van der Waals surface area contributed by atoms with E-state index in [1.807, 2.05) is 6.08 Å². The van der Waals surface area contributed by atoms with Crippen molar-refractivity contribution in [2.45, 2.75) is 18.5 Å². The summed E-state index contributed by atoms with van der Waals surface area (Å²) in [5, 5.41) is 0. The molecule has 0 heterocycles. The van der Waals surface area contributed by atoms with Crippen LogP contribution in [0.1, 0.15) is 23.5 Å². The molecule has 0 bridgehead atoms. The molecule has 0 radical (unpaired) electrons. The molecule has 0 unspecified atom stereocenters. The highest BCUT2D eigenvalue weighted by Crippen LogP contribution is 2.48. The lowest BCUT2D eigenvalue weighted by atomic mass is 10.1. The molecule has 0 saturated heterocycles. The molecule has 80 valence electrons. The van der Waals surface area contributed by atoms with E-state index in [1.165, 1.54) is 12.1 Å². The maximum atomic E-state index is 12.4. The maximum Gasteiger partial charge on any atom is 0.416 e. The second kappa shape index (κ2) is 3.40. The van der Waals surface area contributed by atoms with E-state index in [0.717, 1.165) is 18.1 Å². The Morgan fingerprint density at radius 3 is 2.60 bits per heavy atom. The summed E-state index contributed by atoms with van der Waals surface area (Å²) in [6.45, 7) is 3.65. The second-order valence-electron chi connectivity index (χ2n) is 3.86. The molecule has 0 spiro atoms. The molecule has 1 aliphatic rings. The number of alkyl halides is 3. The summed E-state index contributed by atoms with van der Waals surface area (Å²) in [7, 11) is 0. The largest absolute Gasteiger partial charge is 0.416 e. The van der Waals surface area contributed by atoms with Crippen molar-refractivity contribution in [2.24, 2.45) is 5.92 Å². The van der Waals surface area contributed by atoms with Crippen LogP contribution in [-0.2, 0) is 6.18 Å². The molecule has 2 atom stereocenters. The zero-order valence-corrected chi connectivity index (χ0v) is 8.09. The third kappa shape index (κ3) is 2.06. The van der Waals surface area contributed by atoms with Gasteiger partial charge in [-0.25, -0.2) is 0 Å². The fraction of sp³-hybridized carbons (Fsp3) is 0.333. The Balaban J connectivity index is 2.24. The van der Waals surface area contributed by atoms with Crippen LogP contribution in [0.2, 0.25) is 0 Å². The van der Waals surface area contributed by atoms with E-state index >= 15 is 0 Å². The van der Waals surface area contributed by atoms with Crippen molar-refractivity contribution in [2.75, 3.05) is 0 Å². The van der Waals surface area contributed by atoms with Gasteiger partial charge in [0.2, 0.25) is 0 Å². The molecule has 1 aliphatic carbocycles. The number of allylic oxidation sites excluding steroid dienone is 1. The number of hydrogen-bond acceptors (Lipinski definition) is 0. The summed E-state index contributed by atoms with van der Waals surface area (Å²) < 4.78 is 37.2. The summed E-state index contributed by atoms with van der Waals surface area (Å²) >= 11 is 0. The maximum absolute atomic E-state index is 12.4. The SMILES string of the molecule is C=C[C@H]1C[C@@H]1c1cccc(C(F)(F)F)c1. The van der Waals surface area contributed by atoms with E-state index < -0.39 is 11.7 Å². The molecule has 0 nitrogen and oxygen atoms in total. The van der Waals surface area contributed by atoms with Gasteiger partial charge >= 0.3 is 6.18 Å². The van der Waals surface area contributed by atoms with Crippen molar-refractivity contribution in [3.05, 3.63) is 48.0 Å². The van der Waals surface area contributed by atoms with Crippen LogP contribution in [-0.4, -0.2) is 0 Å². The highest BCUT2D eigenvalue weighted by Gasteiger charge is 2.37. The lowest BCUT2D eigenvalue weighted by molar-refractivity contribution is -0.137. The van der Waals surface area contributed by atoms with Crippen molar-refractivity contribution in [1.29, 1.82) is 0 Å². The molecular formula is C12H11F3. The van der Waals surface area contributed by atoms with Crippen LogP contribution in [0, 0.1) is 5.92 Å². The van der Waals surface area contributed by atoms with Gasteiger partial charge < -0.3 is 0 Å². The predicted octanol–water partition coefficient (Wildman–Crippen LogP) is 3.99. The van der Waals surface area contributed by atoms with Crippen LogP contribution < -0.4 is 0 Å². The zero-order chi connectivity index (χ0) is 11.1. The van der Waals surface area contributed by atoms with E-state index in [-0.39, 0.29) is 5.92 Å². The quantitative estimate of drug-likeness (QED) is 0.650. The summed E-state index contributed by atoms with van der Waals surface area (Å²) in [6, 6.07) is 5.57. The van der Waals surface area contributed by atoms with Gasteiger partial charge in [-0.15, -0.1) is 6.58 Å². The highest BCUT2D eigenvalue weighted by molar-refractivity contribution is 5.33. The Bertz CT molecular complexity index is 379. The first-order valence-electron chi connectivity index (χ1n) is 4.82. The summed E-state index contributed by atoms with van der Waals surface area (Å²) in [5.74, 6) is 0.596. The average Bonchev–Trinajstić information content (AvgIpc) is 2.95. The number of benzene rings is 1. The first kappa shape index (κ1) is 10.3. The fourth-order valence-electron chi connectivity index (χ4n) is 1.80. The minimum Gasteiger partial charge on any atom is -0.166 e. The molecular weight excluding hydrogens is 201 g/mol. The Labute approximate surface area is 86.4 Å². The van der Waals surface area contributed by atoms with Gasteiger partial charge in [-0.2, -0.15) is 13.2 Å². The van der Waals surface area contributed by atoms with Crippen molar-refractivity contribution >= 4 is 0 Å². The van der Waals surface area contributed by atoms with Gasteiger partial charge in [0.1, 0.15) is 0 Å². The summed E-state index contributed by atoms with van der Waals surface area (Å²) in [4.78, 5) is 0. The molecule has 1 fully saturated rings. The van der Waals surface area contributed by atoms with Gasteiger partial charge in [-0.3, -0.25) is 0 Å². The first-order chi connectivity index (χ1) is 7.02. The van der Waals surface area contributed by atoms with Gasteiger partial charge in [-0.05, 0) is 29.9 Å². The molecule has 1 aromatic carbocycles. The molecule has 3 heteroatoms. The number of rotatable bonds is 2. The third-order valence-electron chi connectivity index (χ3n) is 2.78. The van der Waals surface area contributed by atoms with Crippen LogP contribution in [0.3, 0.4) is 0 Å². The minimum absolute atomic E-state index is 0.241. The molecule has 1 saturated carbocycles. The molecule has 2 rings (SSSR count). The highest BCUT2D eigenvalue weighted by atomic mass is 19.4. The zero-order valence-electron chi connectivity index (χ0n) is 8.09. The van der Waals surface area contributed by atoms with E-state index in [4.69, 9.17) is 0 Å². The van der Waals surface area contributed by atoms with E-state index in [1.54, 1.807) is 6.07 Å². The smallest absolute Gasteiger partial charge is 0.166 e. The normalized spacial score (nSPS) is 25.0. The van der Waals surface area contributed by atoms with Crippen LogP contribution in [0.5, 0.6) is 0 Å². The van der Waals surface area contributed by atoms with E-state index in [0.29, 0.717) is 5.92 Å². The standard InChI is InChI=1S/C12H11F3/c1-2-8-7-11(8)9-4-3-5-10(6-9)12(13,14)15/h2-6,8,11H,1,7H2/t8-,11-/m0/s1. The Hall–Kier alpha value is -1.25. The van der Waals surface area contributed by atoms with Gasteiger partial charge in [0.25, 0.3) is 0 Å². The first-order valence-corrected chi connectivity index (χ1v) is 4.82. The molecule has 0 amide bonds. The van der Waals surface area contributed by atoms with E-state index in [2.05, 4.69) is 6.58 Å². The van der Waals surface area contributed by atoms with Gasteiger partial charge in [0.15, 0.2) is 0 Å². The van der Waals surface area contributed by atoms with Crippen molar-refractivity contribution in [1.82, 2.24) is 0 Å². The number of halogens is 3. The average molecular weight is 212 g/mol. The van der Waals surface area contributed by atoms with Gasteiger partial charge in [-0.1, -0.05) is 24.3 Å². The molecule has 0 N–H and O–H groups in total. The molecule has 0 aliphatic heterocycles. The lowest BCUT2D eigenvalue weighted by Gasteiger charge is -2.08. The fourth-order valence-corrected chi connectivity index (χ4v) is 1.80. The topological polar surface area (TPSA) is 0 Å². The van der Waals surface area contributed by atoms with Crippen LogP contribution >= 0.6 is 0 Å². The van der Waals surface area contributed by atoms with Gasteiger partial charge in [0.05, 0.1) is 5.56 Å². The van der Waals surface area contributed by atoms with E-state index in [9.17, 15) is 13.2 Å². The predicted molar refractivity (Wildman–Crippen MR) is 52.5 cm³/mol. The summed E-state index contributed by atoms with van der Waals surface area (Å²) in [5.41, 5.74) is 0.212. The number of hydrogen-bond donors (Lipinski definition) is 0. The van der Waals surface area contributed by atoms with Crippen molar-refractivity contribution in [3.8, 4) is 0 Å². The Morgan fingerprint density at radius 1 is 1.33 bits per heavy atom. The lowest BCUT2D eigenvalue weighted by Crippen LogP contribution is -2.05. The minimum atomic E-state index is -4.24. The van der Waals surface area contributed by atoms with Crippen LogP contribution in [0.15, 0.2) is 36.9 Å². The Kier molecular flexibility index (Phi) is 2.33. The summed E-state index contributed by atoms with van der Waals surface area (Å²) in [6.07, 6.45) is -1.51. The van der Waals surface area contributed by atoms with Crippen molar-refractivity contribution in [3.63, 3.8) is 0 Å². The monoisotopic (exact) mass is 212 g/mol. The van der Waals surface area contributed by atoms with Gasteiger partial charge in [0, 0.05) is 0 Å². The third-order valence-corrected chi connectivity index (χ3v) is 2.78.